The summed E-state index contributed by atoms with van der Waals surface area (Å²) in [5, 5.41) is 21.0. The van der Waals surface area contributed by atoms with E-state index in [1.54, 1.807) is 6.07 Å². The molecule has 0 aliphatic rings. The molecule has 100 valence electrons. The van der Waals surface area contributed by atoms with E-state index < -0.39 is 7.12 Å². The Kier molecular flexibility index (Phi) is 4.23. The van der Waals surface area contributed by atoms with Crippen LogP contribution in [0.1, 0.15) is 7.43 Å². The molecular weight excluding hydrogens is 247 g/mol. The molecule has 0 unspecified atom stereocenters. The predicted octanol–water partition coefficient (Wildman–Crippen LogP) is 2.82. The Bertz CT molecular complexity index is 703. The highest BCUT2D eigenvalue weighted by Gasteiger charge is 2.16. The molecule has 2 N–H and O–H groups in total. The molecule has 0 radical (unpaired) electrons. The highest BCUT2D eigenvalue weighted by molar-refractivity contribution is 6.62. The van der Waals surface area contributed by atoms with Gasteiger partial charge < -0.3 is 10.0 Å². The third kappa shape index (κ3) is 2.46. The molecule has 2 nitrogen and oxygen atoms in total. The molecule has 0 fully saturated rings. The van der Waals surface area contributed by atoms with E-state index in [9.17, 15) is 10.0 Å². The standard InChI is InChI=1S/C16H13BO2.CH4/c18-17(19)15-11-5-9-13-8-4-10-14(16(13)15)12-6-2-1-3-7-12;/h1-11,18-19H;1H4. The van der Waals surface area contributed by atoms with Crippen LogP contribution in [0.25, 0.3) is 21.9 Å². The van der Waals surface area contributed by atoms with E-state index in [1.165, 1.54) is 0 Å². The second-order valence-electron chi connectivity index (χ2n) is 4.49. The Morgan fingerprint density at radius 3 is 2.00 bits per heavy atom. The maximum atomic E-state index is 9.55. The van der Waals surface area contributed by atoms with Crippen LogP contribution in [0.15, 0.2) is 66.7 Å². The van der Waals surface area contributed by atoms with Crippen molar-refractivity contribution in [1.82, 2.24) is 0 Å². The number of hydrogen-bond donors (Lipinski definition) is 2. The fourth-order valence-electron chi connectivity index (χ4n) is 2.44. The first kappa shape index (κ1) is 14.3. The van der Waals surface area contributed by atoms with Gasteiger partial charge in [0.1, 0.15) is 0 Å². The number of rotatable bonds is 2. The molecule has 20 heavy (non-hydrogen) atoms. The van der Waals surface area contributed by atoms with E-state index in [4.69, 9.17) is 0 Å². The minimum absolute atomic E-state index is 0. The van der Waals surface area contributed by atoms with Gasteiger partial charge in [-0.25, -0.2) is 0 Å². The molecule has 0 spiro atoms. The molecule has 0 bridgehead atoms. The fourth-order valence-corrected chi connectivity index (χ4v) is 2.44. The Morgan fingerprint density at radius 2 is 1.35 bits per heavy atom. The lowest BCUT2D eigenvalue weighted by molar-refractivity contribution is 0.426. The second kappa shape index (κ2) is 5.91. The molecule has 0 aliphatic heterocycles. The zero-order chi connectivity index (χ0) is 13.2. The van der Waals surface area contributed by atoms with Gasteiger partial charge in [-0.1, -0.05) is 74.2 Å². The van der Waals surface area contributed by atoms with Crippen molar-refractivity contribution >= 4 is 23.4 Å². The van der Waals surface area contributed by atoms with E-state index in [-0.39, 0.29) is 7.43 Å². The van der Waals surface area contributed by atoms with Gasteiger partial charge in [0.15, 0.2) is 0 Å². The third-order valence-corrected chi connectivity index (χ3v) is 3.30. The molecule has 3 rings (SSSR count). The van der Waals surface area contributed by atoms with Crippen LogP contribution in [0.2, 0.25) is 0 Å². The van der Waals surface area contributed by atoms with E-state index in [0.717, 1.165) is 21.9 Å². The van der Waals surface area contributed by atoms with Crippen molar-refractivity contribution in [2.45, 2.75) is 7.43 Å². The lowest BCUT2D eigenvalue weighted by atomic mass is 9.75. The number of fused-ring (bicyclic) bond motifs is 1. The van der Waals surface area contributed by atoms with Crippen molar-refractivity contribution in [3.05, 3.63) is 66.7 Å². The van der Waals surface area contributed by atoms with Crippen LogP contribution in [-0.2, 0) is 0 Å². The molecule has 0 atom stereocenters. The Hall–Kier alpha value is -2.10. The van der Waals surface area contributed by atoms with Gasteiger partial charge in [0.25, 0.3) is 0 Å². The van der Waals surface area contributed by atoms with Crippen LogP contribution < -0.4 is 5.46 Å². The van der Waals surface area contributed by atoms with E-state index in [1.807, 2.05) is 60.7 Å². The van der Waals surface area contributed by atoms with Crippen LogP contribution in [-0.4, -0.2) is 17.2 Å². The Labute approximate surface area is 119 Å². The van der Waals surface area contributed by atoms with Crippen LogP contribution >= 0.6 is 0 Å². The monoisotopic (exact) mass is 264 g/mol. The van der Waals surface area contributed by atoms with Gasteiger partial charge in [0.05, 0.1) is 0 Å². The molecule has 0 saturated heterocycles. The summed E-state index contributed by atoms with van der Waals surface area (Å²) in [6, 6.07) is 21.5. The molecule has 0 saturated carbocycles. The van der Waals surface area contributed by atoms with Crippen molar-refractivity contribution in [3.8, 4) is 11.1 Å². The van der Waals surface area contributed by atoms with Gasteiger partial charge in [0, 0.05) is 0 Å². The lowest BCUT2D eigenvalue weighted by Gasteiger charge is -2.11. The summed E-state index contributed by atoms with van der Waals surface area (Å²) in [6.45, 7) is 0. The van der Waals surface area contributed by atoms with Gasteiger partial charge in [-0.3, -0.25) is 0 Å². The smallest absolute Gasteiger partial charge is 0.423 e. The number of hydrogen-bond acceptors (Lipinski definition) is 2. The summed E-state index contributed by atoms with van der Waals surface area (Å²) < 4.78 is 0. The minimum atomic E-state index is -1.46. The first-order chi connectivity index (χ1) is 9.27. The van der Waals surface area contributed by atoms with Gasteiger partial charge in [-0.05, 0) is 27.4 Å². The van der Waals surface area contributed by atoms with E-state index in [0.29, 0.717) is 5.46 Å². The minimum Gasteiger partial charge on any atom is -0.423 e. The topological polar surface area (TPSA) is 40.5 Å². The normalized spacial score (nSPS) is 10.1. The first-order valence-electron chi connectivity index (χ1n) is 6.20. The molecule has 0 amide bonds. The zero-order valence-electron chi connectivity index (χ0n) is 10.3. The van der Waals surface area contributed by atoms with Crippen LogP contribution in [0, 0.1) is 0 Å². The molecule has 3 aromatic rings. The van der Waals surface area contributed by atoms with Crippen LogP contribution in [0.4, 0.5) is 0 Å². The molecular formula is C17H17BO2. The molecule has 0 aromatic heterocycles. The Balaban J connectivity index is 0.00000147. The summed E-state index contributed by atoms with van der Waals surface area (Å²) >= 11 is 0. The summed E-state index contributed by atoms with van der Waals surface area (Å²) in [5.74, 6) is 0. The SMILES string of the molecule is C.OB(O)c1cccc2cccc(-c3ccccc3)c12. The van der Waals surface area contributed by atoms with Crippen LogP contribution in [0.3, 0.4) is 0 Å². The molecule has 0 aliphatic carbocycles. The quantitative estimate of drug-likeness (QED) is 0.699. The van der Waals surface area contributed by atoms with Gasteiger partial charge in [0.2, 0.25) is 0 Å². The van der Waals surface area contributed by atoms with Crippen LogP contribution in [0.5, 0.6) is 0 Å². The lowest BCUT2D eigenvalue weighted by Crippen LogP contribution is -2.30. The van der Waals surface area contributed by atoms with Crippen molar-refractivity contribution in [1.29, 1.82) is 0 Å². The van der Waals surface area contributed by atoms with E-state index in [2.05, 4.69) is 0 Å². The Morgan fingerprint density at radius 1 is 0.700 bits per heavy atom. The molecule has 3 aromatic carbocycles. The number of benzene rings is 3. The molecule has 0 heterocycles. The van der Waals surface area contributed by atoms with Crippen molar-refractivity contribution in [2.24, 2.45) is 0 Å². The zero-order valence-corrected chi connectivity index (χ0v) is 10.3. The third-order valence-electron chi connectivity index (χ3n) is 3.30. The van der Waals surface area contributed by atoms with Gasteiger partial charge >= 0.3 is 7.12 Å². The van der Waals surface area contributed by atoms with Crippen molar-refractivity contribution in [3.63, 3.8) is 0 Å². The van der Waals surface area contributed by atoms with Crippen molar-refractivity contribution < 1.29 is 10.0 Å². The van der Waals surface area contributed by atoms with Gasteiger partial charge in [-0.15, -0.1) is 0 Å². The average Bonchev–Trinajstić information content (AvgIpc) is 2.46. The largest absolute Gasteiger partial charge is 0.489 e. The van der Waals surface area contributed by atoms with Gasteiger partial charge in [-0.2, -0.15) is 0 Å². The summed E-state index contributed by atoms with van der Waals surface area (Å²) in [4.78, 5) is 0. The average molecular weight is 264 g/mol. The van der Waals surface area contributed by atoms with Crippen molar-refractivity contribution in [2.75, 3.05) is 0 Å². The predicted molar refractivity (Wildman–Crippen MR) is 85.9 cm³/mol. The summed E-state index contributed by atoms with van der Waals surface area (Å²) in [7, 11) is -1.46. The maximum absolute atomic E-state index is 9.55. The second-order valence-corrected chi connectivity index (χ2v) is 4.49. The van der Waals surface area contributed by atoms with E-state index >= 15 is 0 Å². The maximum Gasteiger partial charge on any atom is 0.489 e. The summed E-state index contributed by atoms with van der Waals surface area (Å²) in [5.41, 5.74) is 2.62. The fraction of sp³-hybridized carbons (Fsp3) is 0.0588. The highest BCUT2D eigenvalue weighted by Crippen LogP contribution is 2.27. The molecule has 3 heteroatoms. The highest BCUT2D eigenvalue weighted by atomic mass is 16.4. The first-order valence-corrected chi connectivity index (χ1v) is 6.20. The summed E-state index contributed by atoms with van der Waals surface area (Å²) in [6.07, 6.45) is 0.